The summed E-state index contributed by atoms with van der Waals surface area (Å²) in [6, 6.07) is 0. The Morgan fingerprint density at radius 1 is 1.35 bits per heavy atom. The van der Waals surface area contributed by atoms with Crippen LogP contribution in [0.1, 0.15) is 38.5 Å². The number of rotatable bonds is 5. The molecule has 0 bridgehead atoms. The van der Waals surface area contributed by atoms with Crippen molar-refractivity contribution in [3.8, 4) is 0 Å². The number of carboxylic acids is 1. The second-order valence-electron chi connectivity index (χ2n) is 5.85. The summed E-state index contributed by atoms with van der Waals surface area (Å²) in [5, 5.41) is 12.0. The number of carboxylic acid groups (broad SMARTS) is 1. The molecule has 0 unspecified atom stereocenters. The van der Waals surface area contributed by atoms with E-state index in [0.717, 1.165) is 12.8 Å². The van der Waals surface area contributed by atoms with Gasteiger partial charge in [-0.05, 0) is 25.2 Å². The number of likely N-dealkylation sites (tertiary alicyclic amines) is 1. The normalized spacial score (nSPS) is 28.2. The number of nitrogens with one attached hydrogen (secondary N) is 1. The molecule has 6 heteroatoms. The SMILES string of the molecule is CNC(=O)CCCC(=O)N1C[C@@H]2CCC[C@@]2(C(=O)O)C1. The Bertz CT molecular complexity index is 423. The zero-order valence-electron chi connectivity index (χ0n) is 11.9. The quantitative estimate of drug-likeness (QED) is 0.773. The molecule has 2 rings (SSSR count). The Labute approximate surface area is 118 Å². The number of amides is 2. The largest absolute Gasteiger partial charge is 0.481 e. The van der Waals surface area contributed by atoms with E-state index in [1.54, 1.807) is 11.9 Å². The molecular weight excluding hydrogens is 260 g/mol. The standard InChI is InChI=1S/C14H22N2O4/c1-15-11(17)5-2-6-12(18)16-8-10-4-3-7-14(10,9-16)13(19)20/h10H,2-9H2,1H3,(H,15,17)(H,19,20)/t10-,14+/m0/s1. The lowest BCUT2D eigenvalue weighted by atomic mass is 9.81. The van der Waals surface area contributed by atoms with E-state index in [-0.39, 0.29) is 17.7 Å². The van der Waals surface area contributed by atoms with Gasteiger partial charge in [0, 0.05) is 33.0 Å². The molecule has 0 aromatic carbocycles. The molecule has 1 heterocycles. The molecule has 20 heavy (non-hydrogen) atoms. The van der Waals surface area contributed by atoms with Gasteiger partial charge in [-0.15, -0.1) is 0 Å². The van der Waals surface area contributed by atoms with Gasteiger partial charge in [0.2, 0.25) is 11.8 Å². The molecule has 112 valence electrons. The fraction of sp³-hybridized carbons (Fsp3) is 0.786. The molecule has 1 saturated heterocycles. The molecule has 2 aliphatic rings. The molecule has 1 aliphatic heterocycles. The lowest BCUT2D eigenvalue weighted by Crippen LogP contribution is -2.37. The minimum atomic E-state index is -0.763. The summed E-state index contributed by atoms with van der Waals surface area (Å²) in [6.07, 6.45) is 3.68. The predicted octanol–water partition coefficient (Wildman–Crippen LogP) is 0.616. The van der Waals surface area contributed by atoms with Gasteiger partial charge >= 0.3 is 5.97 Å². The van der Waals surface area contributed by atoms with Crippen LogP contribution in [0.5, 0.6) is 0 Å². The van der Waals surface area contributed by atoms with Crippen LogP contribution < -0.4 is 5.32 Å². The van der Waals surface area contributed by atoms with Gasteiger partial charge in [-0.1, -0.05) is 6.42 Å². The van der Waals surface area contributed by atoms with E-state index < -0.39 is 11.4 Å². The molecule has 2 amide bonds. The average Bonchev–Trinajstić information content (AvgIpc) is 2.95. The van der Waals surface area contributed by atoms with Crippen molar-refractivity contribution in [3.63, 3.8) is 0 Å². The maximum Gasteiger partial charge on any atom is 0.311 e. The first-order valence-corrected chi connectivity index (χ1v) is 7.21. The number of aliphatic carboxylic acids is 1. The molecule has 0 aromatic rings. The minimum absolute atomic E-state index is 0.0241. The summed E-state index contributed by atoms with van der Waals surface area (Å²) in [6.45, 7) is 0.900. The van der Waals surface area contributed by atoms with Gasteiger partial charge in [0.15, 0.2) is 0 Å². The van der Waals surface area contributed by atoms with E-state index in [2.05, 4.69) is 5.32 Å². The first-order chi connectivity index (χ1) is 9.49. The molecule has 2 fully saturated rings. The third-order valence-corrected chi connectivity index (χ3v) is 4.72. The van der Waals surface area contributed by atoms with Crippen LogP contribution in [-0.4, -0.2) is 47.9 Å². The van der Waals surface area contributed by atoms with Crippen molar-refractivity contribution in [2.24, 2.45) is 11.3 Å². The highest BCUT2D eigenvalue weighted by Gasteiger charge is 2.55. The topological polar surface area (TPSA) is 86.7 Å². The maximum absolute atomic E-state index is 12.1. The van der Waals surface area contributed by atoms with Crippen LogP contribution in [0.2, 0.25) is 0 Å². The highest BCUT2D eigenvalue weighted by atomic mass is 16.4. The van der Waals surface area contributed by atoms with Gasteiger partial charge < -0.3 is 15.3 Å². The molecule has 1 saturated carbocycles. The zero-order valence-corrected chi connectivity index (χ0v) is 11.9. The van der Waals surface area contributed by atoms with E-state index in [9.17, 15) is 19.5 Å². The van der Waals surface area contributed by atoms with Crippen molar-refractivity contribution in [1.29, 1.82) is 0 Å². The van der Waals surface area contributed by atoms with Gasteiger partial charge in [0.25, 0.3) is 0 Å². The fourth-order valence-electron chi connectivity index (χ4n) is 3.51. The highest BCUT2D eigenvalue weighted by Crippen LogP contribution is 2.48. The minimum Gasteiger partial charge on any atom is -0.481 e. The second kappa shape index (κ2) is 5.81. The molecule has 6 nitrogen and oxygen atoms in total. The van der Waals surface area contributed by atoms with E-state index in [4.69, 9.17) is 0 Å². The summed E-state index contributed by atoms with van der Waals surface area (Å²) < 4.78 is 0. The number of nitrogens with zero attached hydrogens (tertiary/aromatic N) is 1. The van der Waals surface area contributed by atoms with Crippen molar-refractivity contribution >= 4 is 17.8 Å². The summed E-state index contributed by atoms with van der Waals surface area (Å²) in [4.78, 5) is 36.4. The number of carbonyl (C=O) groups excluding carboxylic acids is 2. The van der Waals surface area contributed by atoms with Gasteiger partial charge in [0.05, 0.1) is 5.41 Å². The lowest BCUT2D eigenvalue weighted by Gasteiger charge is -2.23. The van der Waals surface area contributed by atoms with Gasteiger partial charge in [0.1, 0.15) is 0 Å². The van der Waals surface area contributed by atoms with Gasteiger partial charge in [-0.3, -0.25) is 14.4 Å². The van der Waals surface area contributed by atoms with Gasteiger partial charge in [-0.25, -0.2) is 0 Å². The Morgan fingerprint density at radius 3 is 2.70 bits per heavy atom. The monoisotopic (exact) mass is 282 g/mol. The van der Waals surface area contributed by atoms with Crippen LogP contribution in [0.25, 0.3) is 0 Å². The van der Waals surface area contributed by atoms with Crippen molar-refractivity contribution in [2.75, 3.05) is 20.1 Å². The summed E-state index contributed by atoms with van der Waals surface area (Å²) in [5.41, 5.74) is -0.712. The third-order valence-electron chi connectivity index (χ3n) is 4.72. The first kappa shape index (κ1) is 14.8. The summed E-state index contributed by atoms with van der Waals surface area (Å²) >= 11 is 0. The number of fused-ring (bicyclic) bond motifs is 1. The first-order valence-electron chi connectivity index (χ1n) is 7.21. The second-order valence-corrected chi connectivity index (χ2v) is 5.85. The molecule has 1 aliphatic carbocycles. The molecule has 0 radical (unpaired) electrons. The maximum atomic E-state index is 12.1. The number of hydrogen-bond acceptors (Lipinski definition) is 3. The number of carbonyl (C=O) groups is 3. The fourth-order valence-corrected chi connectivity index (χ4v) is 3.51. The number of hydrogen-bond donors (Lipinski definition) is 2. The summed E-state index contributed by atoms with van der Waals surface area (Å²) in [7, 11) is 1.57. The molecule has 2 N–H and O–H groups in total. The van der Waals surface area contributed by atoms with Crippen molar-refractivity contribution < 1.29 is 19.5 Å². The van der Waals surface area contributed by atoms with E-state index >= 15 is 0 Å². The van der Waals surface area contributed by atoms with Crippen LogP contribution >= 0.6 is 0 Å². The van der Waals surface area contributed by atoms with E-state index in [0.29, 0.717) is 38.8 Å². The molecule has 0 spiro atoms. The van der Waals surface area contributed by atoms with Crippen molar-refractivity contribution in [1.82, 2.24) is 10.2 Å². The highest BCUT2D eigenvalue weighted by molar-refractivity contribution is 5.82. The Kier molecular flexibility index (Phi) is 4.30. The Morgan fingerprint density at radius 2 is 2.10 bits per heavy atom. The van der Waals surface area contributed by atoms with Crippen LogP contribution in [0, 0.1) is 11.3 Å². The third kappa shape index (κ3) is 2.64. The van der Waals surface area contributed by atoms with Gasteiger partial charge in [-0.2, -0.15) is 0 Å². The smallest absolute Gasteiger partial charge is 0.311 e. The molecule has 0 aromatic heterocycles. The van der Waals surface area contributed by atoms with Crippen molar-refractivity contribution in [2.45, 2.75) is 38.5 Å². The zero-order chi connectivity index (χ0) is 14.8. The lowest BCUT2D eigenvalue weighted by molar-refractivity contribution is -0.149. The molecule has 2 atom stereocenters. The average molecular weight is 282 g/mol. The van der Waals surface area contributed by atoms with Crippen LogP contribution in [0.15, 0.2) is 0 Å². The van der Waals surface area contributed by atoms with E-state index in [1.165, 1.54) is 0 Å². The van der Waals surface area contributed by atoms with Crippen LogP contribution in [0.4, 0.5) is 0 Å². The van der Waals surface area contributed by atoms with Crippen molar-refractivity contribution in [3.05, 3.63) is 0 Å². The van der Waals surface area contributed by atoms with Crippen LogP contribution in [0.3, 0.4) is 0 Å². The van der Waals surface area contributed by atoms with E-state index in [1.807, 2.05) is 0 Å². The Hall–Kier alpha value is -1.59. The predicted molar refractivity (Wildman–Crippen MR) is 71.9 cm³/mol. The summed E-state index contributed by atoms with van der Waals surface area (Å²) in [5.74, 6) is -0.759. The Balaban J connectivity index is 1.87. The van der Waals surface area contributed by atoms with Crippen LogP contribution in [-0.2, 0) is 14.4 Å². The molecular formula is C14H22N2O4.